The van der Waals surface area contributed by atoms with Crippen molar-refractivity contribution in [2.45, 2.75) is 36.6 Å². The molecule has 0 radical (unpaired) electrons. The molecule has 0 heterocycles. The summed E-state index contributed by atoms with van der Waals surface area (Å²) >= 11 is 0. The van der Waals surface area contributed by atoms with E-state index < -0.39 is 16.6 Å². The fourth-order valence-corrected chi connectivity index (χ4v) is 6.64. The predicted octanol–water partition coefficient (Wildman–Crippen LogP) is 3.22. The molecule has 35 heavy (non-hydrogen) atoms. The zero-order chi connectivity index (χ0) is 25.2. The monoisotopic (exact) mass is 504 g/mol. The van der Waals surface area contributed by atoms with E-state index in [-0.39, 0.29) is 28.3 Å². The first-order valence-electron chi connectivity index (χ1n) is 11.6. The van der Waals surface area contributed by atoms with Gasteiger partial charge >= 0.3 is 0 Å². The maximum Gasteiger partial charge on any atom is 0.265 e. The first-order valence-corrected chi connectivity index (χ1v) is 13.0. The number of carbonyl (C=O) groups excluding carboxylic acids is 1. The third-order valence-corrected chi connectivity index (χ3v) is 8.73. The van der Waals surface area contributed by atoms with Crippen LogP contribution >= 0.6 is 0 Å². The largest absolute Gasteiger partial charge is 0.497 e. The van der Waals surface area contributed by atoms with E-state index in [9.17, 15) is 13.2 Å². The van der Waals surface area contributed by atoms with Gasteiger partial charge in [0.1, 0.15) is 18.0 Å². The summed E-state index contributed by atoms with van der Waals surface area (Å²) in [4.78, 5) is 13.1. The van der Waals surface area contributed by atoms with Crippen molar-refractivity contribution in [1.29, 1.82) is 0 Å². The molecule has 2 bridgehead atoms. The summed E-state index contributed by atoms with van der Waals surface area (Å²) in [5.74, 6) is 2.13. The maximum atomic E-state index is 13.9. The molecule has 10 heteroatoms. The van der Waals surface area contributed by atoms with Gasteiger partial charge in [0.2, 0.25) is 5.91 Å². The van der Waals surface area contributed by atoms with Crippen LogP contribution in [0.4, 0.5) is 5.69 Å². The van der Waals surface area contributed by atoms with Crippen LogP contribution in [0.1, 0.15) is 25.7 Å². The number of nitrogens with zero attached hydrogens (tertiary/aromatic N) is 1. The lowest BCUT2D eigenvalue weighted by molar-refractivity contribution is -0.120. The average Bonchev–Trinajstić information content (AvgIpc) is 3.49. The summed E-state index contributed by atoms with van der Waals surface area (Å²) in [7, 11) is 1.63. The summed E-state index contributed by atoms with van der Waals surface area (Å²) in [6.45, 7) is -0.409. The van der Waals surface area contributed by atoms with Crippen LogP contribution in [0.25, 0.3) is 0 Å². The maximum absolute atomic E-state index is 13.9. The predicted molar refractivity (Wildman–Crippen MR) is 131 cm³/mol. The van der Waals surface area contributed by atoms with Crippen LogP contribution < -0.4 is 28.6 Å². The van der Waals surface area contributed by atoms with E-state index in [2.05, 4.69) is 5.32 Å². The lowest BCUT2D eigenvalue weighted by Crippen LogP contribution is -2.46. The van der Waals surface area contributed by atoms with Gasteiger partial charge in [-0.3, -0.25) is 9.10 Å². The number of anilines is 1. The lowest BCUT2D eigenvalue weighted by atomic mass is 9.95. The number of benzene rings is 2. The third-order valence-electron chi connectivity index (χ3n) is 6.97. The molecule has 3 atom stereocenters. The number of hydrogen-bond acceptors (Lipinski definition) is 7. The SMILES string of the molecule is COc1ccc(OC)c(N(CC(=O)N[C@@H]2C[C@H]3CC[C@H]2C3)S(=O)(=O)c2ccc(OC)c(OC)c2)c1. The fraction of sp³-hybridized carbons (Fsp3) is 0.480. The Morgan fingerprint density at radius 1 is 0.914 bits per heavy atom. The smallest absolute Gasteiger partial charge is 0.265 e. The molecule has 190 valence electrons. The Morgan fingerprint density at radius 3 is 2.23 bits per heavy atom. The van der Waals surface area contributed by atoms with E-state index in [1.54, 1.807) is 18.2 Å². The Balaban J connectivity index is 1.72. The zero-order valence-electron chi connectivity index (χ0n) is 20.4. The molecule has 9 nitrogen and oxygen atoms in total. The Bertz CT molecular complexity index is 1180. The molecule has 2 aliphatic rings. The second-order valence-corrected chi connectivity index (χ2v) is 10.8. The summed E-state index contributed by atoms with van der Waals surface area (Å²) in [6.07, 6.45) is 4.38. The van der Waals surface area contributed by atoms with Crippen LogP contribution in [-0.4, -0.2) is 55.4 Å². The first-order chi connectivity index (χ1) is 16.8. The highest BCUT2D eigenvalue weighted by atomic mass is 32.2. The van der Waals surface area contributed by atoms with Crippen LogP contribution in [0.3, 0.4) is 0 Å². The van der Waals surface area contributed by atoms with Gasteiger partial charge in [-0.15, -0.1) is 0 Å². The number of carbonyl (C=O) groups is 1. The lowest BCUT2D eigenvalue weighted by Gasteiger charge is -2.28. The topological polar surface area (TPSA) is 103 Å². The number of methoxy groups -OCH3 is 4. The van der Waals surface area contributed by atoms with Gasteiger partial charge in [-0.1, -0.05) is 6.42 Å². The molecule has 0 unspecified atom stereocenters. The summed E-state index contributed by atoms with van der Waals surface area (Å²) in [5, 5.41) is 3.08. The fourth-order valence-electron chi connectivity index (χ4n) is 5.20. The van der Waals surface area contributed by atoms with Crippen LogP contribution in [0.15, 0.2) is 41.3 Å². The molecular weight excluding hydrogens is 472 g/mol. The Hall–Kier alpha value is -3.14. The van der Waals surface area contributed by atoms with E-state index in [1.165, 1.54) is 53.1 Å². The summed E-state index contributed by atoms with van der Waals surface area (Å²) in [6, 6.07) is 9.22. The first kappa shape index (κ1) is 25.0. The van der Waals surface area contributed by atoms with Gasteiger partial charge in [0.05, 0.1) is 39.0 Å². The van der Waals surface area contributed by atoms with Gasteiger partial charge in [-0.2, -0.15) is 0 Å². The minimum absolute atomic E-state index is 0.0484. The molecule has 2 fully saturated rings. The van der Waals surface area contributed by atoms with E-state index in [1.807, 2.05) is 0 Å². The van der Waals surface area contributed by atoms with E-state index >= 15 is 0 Å². The molecule has 4 rings (SSSR count). The number of fused-ring (bicyclic) bond motifs is 2. The van der Waals surface area contributed by atoms with Crippen molar-refractivity contribution in [3.05, 3.63) is 36.4 Å². The number of hydrogen-bond donors (Lipinski definition) is 1. The van der Waals surface area contributed by atoms with Gasteiger partial charge < -0.3 is 24.3 Å². The van der Waals surface area contributed by atoms with Crippen molar-refractivity contribution in [3.63, 3.8) is 0 Å². The van der Waals surface area contributed by atoms with Gasteiger partial charge in [-0.25, -0.2) is 8.42 Å². The number of rotatable bonds is 10. The summed E-state index contributed by atoms with van der Waals surface area (Å²) in [5.41, 5.74) is 0.199. The molecule has 2 aromatic rings. The third kappa shape index (κ3) is 4.98. The molecule has 1 amide bonds. The Kier molecular flexibility index (Phi) is 7.30. The zero-order valence-corrected chi connectivity index (χ0v) is 21.3. The van der Waals surface area contributed by atoms with Crippen molar-refractivity contribution >= 4 is 21.6 Å². The second-order valence-electron chi connectivity index (χ2n) is 8.92. The molecular formula is C25H32N2O7S. The molecule has 2 aromatic carbocycles. The Labute approximate surface area is 206 Å². The molecule has 0 aromatic heterocycles. The molecule has 2 aliphatic carbocycles. The quantitative estimate of drug-likeness (QED) is 0.530. The molecule has 0 saturated heterocycles. The number of nitrogens with one attached hydrogen (secondary N) is 1. The van der Waals surface area contributed by atoms with Crippen LogP contribution in [0, 0.1) is 11.8 Å². The van der Waals surface area contributed by atoms with Crippen LogP contribution in [0.2, 0.25) is 0 Å². The molecule has 1 N–H and O–H groups in total. The van der Waals surface area contributed by atoms with Gasteiger partial charge in [0.25, 0.3) is 10.0 Å². The van der Waals surface area contributed by atoms with Crippen LogP contribution in [0.5, 0.6) is 23.0 Å². The van der Waals surface area contributed by atoms with Gasteiger partial charge in [-0.05, 0) is 55.4 Å². The highest BCUT2D eigenvalue weighted by Crippen LogP contribution is 2.44. The van der Waals surface area contributed by atoms with Gasteiger partial charge in [0.15, 0.2) is 11.5 Å². The highest BCUT2D eigenvalue weighted by molar-refractivity contribution is 7.92. The Morgan fingerprint density at radius 2 is 1.63 bits per heavy atom. The molecule has 2 saturated carbocycles. The van der Waals surface area contributed by atoms with E-state index in [0.29, 0.717) is 29.1 Å². The second kappa shape index (κ2) is 10.2. The minimum atomic E-state index is -4.21. The van der Waals surface area contributed by atoms with Crippen molar-refractivity contribution in [1.82, 2.24) is 5.32 Å². The van der Waals surface area contributed by atoms with E-state index in [0.717, 1.165) is 23.6 Å². The van der Waals surface area contributed by atoms with Crippen LogP contribution in [-0.2, 0) is 14.8 Å². The minimum Gasteiger partial charge on any atom is -0.497 e. The number of amides is 1. The molecule has 0 aliphatic heterocycles. The van der Waals surface area contributed by atoms with Gasteiger partial charge in [0, 0.05) is 18.2 Å². The number of ether oxygens (including phenoxy) is 4. The van der Waals surface area contributed by atoms with Crippen molar-refractivity contribution in [2.24, 2.45) is 11.8 Å². The number of sulfonamides is 1. The summed E-state index contributed by atoms with van der Waals surface area (Å²) < 4.78 is 50.2. The van der Waals surface area contributed by atoms with Crippen molar-refractivity contribution in [2.75, 3.05) is 39.3 Å². The van der Waals surface area contributed by atoms with Crippen molar-refractivity contribution in [3.8, 4) is 23.0 Å². The average molecular weight is 505 g/mol. The molecule has 0 spiro atoms. The van der Waals surface area contributed by atoms with Crippen molar-refractivity contribution < 1.29 is 32.2 Å². The normalized spacial score (nSPS) is 20.9. The highest BCUT2D eigenvalue weighted by Gasteiger charge is 2.40. The van der Waals surface area contributed by atoms with E-state index in [4.69, 9.17) is 18.9 Å². The standard InChI is InChI=1S/C25H32N2O7S/c1-31-18-7-9-22(32-2)21(13-18)27(15-25(28)26-20-12-16-5-6-17(20)11-16)35(29,30)19-8-10-23(33-3)24(14-19)34-4/h7-10,13-14,16-17,20H,5-6,11-12,15H2,1-4H3,(H,26,28)/t16-,17-,20+/m0/s1.